The Balaban J connectivity index is 2.70. The summed E-state index contributed by atoms with van der Waals surface area (Å²) in [5.74, 6) is 1.21. The molecule has 0 aliphatic heterocycles. The van der Waals surface area contributed by atoms with Crippen molar-refractivity contribution in [3.63, 3.8) is 0 Å². The standard InChI is InChI=1S/C16H20N2O4/c1-10-8-13(19)15(16(2,3)20)17-18(10)12-7-6-11(21-4)9-14(12)22-5/h6-9,20H,1-5H3. The molecule has 1 aromatic carbocycles. The Labute approximate surface area is 128 Å². The largest absolute Gasteiger partial charge is 0.497 e. The molecule has 2 aromatic rings. The van der Waals surface area contributed by atoms with E-state index >= 15 is 0 Å². The third-order valence-electron chi connectivity index (χ3n) is 3.30. The van der Waals surface area contributed by atoms with Gasteiger partial charge in [-0.05, 0) is 32.9 Å². The lowest BCUT2D eigenvalue weighted by Gasteiger charge is -2.20. The summed E-state index contributed by atoms with van der Waals surface area (Å²) in [6, 6.07) is 6.75. The first-order valence-electron chi connectivity index (χ1n) is 6.84. The maximum absolute atomic E-state index is 12.0. The molecule has 0 unspecified atom stereocenters. The molecule has 1 N–H and O–H groups in total. The number of aliphatic hydroxyl groups is 1. The molecular weight excluding hydrogens is 284 g/mol. The zero-order valence-corrected chi connectivity index (χ0v) is 13.4. The highest BCUT2D eigenvalue weighted by Gasteiger charge is 2.23. The number of aromatic nitrogens is 2. The first-order valence-corrected chi connectivity index (χ1v) is 6.84. The fourth-order valence-electron chi connectivity index (χ4n) is 2.17. The molecule has 0 saturated carbocycles. The average Bonchev–Trinajstić information content (AvgIpc) is 2.45. The molecule has 2 rings (SSSR count). The quantitative estimate of drug-likeness (QED) is 0.932. The maximum Gasteiger partial charge on any atom is 0.206 e. The fraction of sp³-hybridized carbons (Fsp3) is 0.375. The molecule has 0 atom stereocenters. The van der Waals surface area contributed by atoms with Gasteiger partial charge in [0, 0.05) is 17.8 Å². The first-order chi connectivity index (χ1) is 10.3. The smallest absolute Gasteiger partial charge is 0.206 e. The minimum atomic E-state index is -1.33. The lowest BCUT2D eigenvalue weighted by molar-refractivity contribution is 0.0709. The number of benzene rings is 1. The second-order valence-corrected chi connectivity index (χ2v) is 5.51. The van der Waals surface area contributed by atoms with Gasteiger partial charge in [0.2, 0.25) is 5.43 Å². The number of aryl methyl sites for hydroxylation is 1. The van der Waals surface area contributed by atoms with Crippen LogP contribution in [0.4, 0.5) is 0 Å². The van der Waals surface area contributed by atoms with Crippen LogP contribution < -0.4 is 14.9 Å². The molecule has 1 aromatic heterocycles. The van der Waals surface area contributed by atoms with E-state index in [1.807, 2.05) is 0 Å². The summed E-state index contributed by atoms with van der Waals surface area (Å²) in [6.07, 6.45) is 0. The lowest BCUT2D eigenvalue weighted by Crippen LogP contribution is -2.30. The van der Waals surface area contributed by atoms with Crippen molar-refractivity contribution in [1.29, 1.82) is 0 Å². The molecule has 118 valence electrons. The highest BCUT2D eigenvalue weighted by atomic mass is 16.5. The minimum absolute atomic E-state index is 0.0796. The normalized spacial score (nSPS) is 11.4. The Morgan fingerprint density at radius 1 is 1.18 bits per heavy atom. The number of ether oxygens (including phenoxy) is 2. The van der Waals surface area contributed by atoms with E-state index in [1.54, 1.807) is 44.0 Å². The van der Waals surface area contributed by atoms with Gasteiger partial charge in [-0.15, -0.1) is 0 Å². The molecule has 0 saturated heterocycles. The second-order valence-electron chi connectivity index (χ2n) is 5.51. The summed E-state index contributed by atoms with van der Waals surface area (Å²) in [6.45, 7) is 4.83. The third kappa shape index (κ3) is 2.96. The van der Waals surface area contributed by atoms with Gasteiger partial charge in [0.05, 0.1) is 14.2 Å². The molecule has 1 heterocycles. The number of hydrogen-bond donors (Lipinski definition) is 1. The van der Waals surface area contributed by atoms with Crippen LogP contribution in [0.2, 0.25) is 0 Å². The predicted octanol–water partition coefficient (Wildman–Crippen LogP) is 1.79. The van der Waals surface area contributed by atoms with Crippen LogP contribution >= 0.6 is 0 Å². The van der Waals surface area contributed by atoms with Gasteiger partial charge in [0.15, 0.2) is 0 Å². The summed E-state index contributed by atoms with van der Waals surface area (Å²) < 4.78 is 12.1. The molecule has 0 aliphatic rings. The van der Waals surface area contributed by atoms with Gasteiger partial charge in [-0.25, -0.2) is 4.68 Å². The highest BCUT2D eigenvalue weighted by molar-refractivity contribution is 5.51. The van der Waals surface area contributed by atoms with Gasteiger partial charge in [0.25, 0.3) is 0 Å². The topological polar surface area (TPSA) is 73.6 Å². The highest BCUT2D eigenvalue weighted by Crippen LogP contribution is 2.28. The van der Waals surface area contributed by atoms with E-state index in [1.165, 1.54) is 19.9 Å². The molecule has 22 heavy (non-hydrogen) atoms. The van der Waals surface area contributed by atoms with Crippen molar-refractivity contribution >= 4 is 0 Å². The molecule has 0 fully saturated rings. The number of methoxy groups -OCH3 is 2. The zero-order valence-electron chi connectivity index (χ0n) is 13.4. The van der Waals surface area contributed by atoms with E-state index in [0.717, 1.165) is 0 Å². The number of hydrogen-bond acceptors (Lipinski definition) is 5. The Bertz CT molecular complexity index is 745. The van der Waals surface area contributed by atoms with Crippen molar-refractivity contribution in [2.45, 2.75) is 26.4 Å². The van der Waals surface area contributed by atoms with Crippen LogP contribution in [-0.2, 0) is 5.60 Å². The Kier molecular flexibility index (Phi) is 4.23. The van der Waals surface area contributed by atoms with E-state index in [4.69, 9.17) is 9.47 Å². The molecule has 6 heteroatoms. The molecule has 6 nitrogen and oxygen atoms in total. The minimum Gasteiger partial charge on any atom is -0.497 e. The van der Waals surface area contributed by atoms with Crippen LogP contribution in [-0.4, -0.2) is 29.1 Å². The lowest BCUT2D eigenvalue weighted by atomic mass is 10.0. The molecule has 0 amide bonds. The van der Waals surface area contributed by atoms with E-state index in [-0.39, 0.29) is 11.1 Å². The van der Waals surface area contributed by atoms with E-state index in [2.05, 4.69) is 5.10 Å². The molecule has 0 bridgehead atoms. The maximum atomic E-state index is 12.0. The zero-order chi connectivity index (χ0) is 16.5. The van der Waals surface area contributed by atoms with Crippen molar-refractivity contribution in [3.8, 4) is 17.2 Å². The summed E-state index contributed by atoms with van der Waals surface area (Å²) in [5.41, 5.74) is -0.246. The SMILES string of the molecule is COc1ccc(-n2nc(C(C)(C)O)c(=O)cc2C)c(OC)c1. The fourth-order valence-corrected chi connectivity index (χ4v) is 2.17. The predicted molar refractivity (Wildman–Crippen MR) is 82.9 cm³/mol. The third-order valence-corrected chi connectivity index (χ3v) is 3.30. The summed E-state index contributed by atoms with van der Waals surface area (Å²) in [4.78, 5) is 12.0. The van der Waals surface area contributed by atoms with Gasteiger partial charge < -0.3 is 14.6 Å². The molecule has 0 spiro atoms. The summed E-state index contributed by atoms with van der Waals surface area (Å²) in [7, 11) is 3.12. The van der Waals surface area contributed by atoms with Crippen molar-refractivity contribution < 1.29 is 14.6 Å². The molecule has 0 radical (unpaired) electrons. The van der Waals surface area contributed by atoms with Crippen LogP contribution in [0.15, 0.2) is 29.1 Å². The molecular formula is C16H20N2O4. The number of nitrogens with zero attached hydrogens (tertiary/aromatic N) is 2. The van der Waals surface area contributed by atoms with Crippen molar-refractivity contribution in [2.75, 3.05) is 14.2 Å². The second kappa shape index (κ2) is 5.81. The van der Waals surface area contributed by atoms with Crippen molar-refractivity contribution in [1.82, 2.24) is 9.78 Å². The van der Waals surface area contributed by atoms with Crippen LogP contribution in [0.5, 0.6) is 11.5 Å². The van der Waals surface area contributed by atoms with Crippen LogP contribution in [0, 0.1) is 6.92 Å². The van der Waals surface area contributed by atoms with Gasteiger partial charge in [-0.1, -0.05) is 0 Å². The summed E-state index contributed by atoms with van der Waals surface area (Å²) in [5, 5.41) is 14.4. The van der Waals surface area contributed by atoms with Crippen molar-refractivity contribution in [3.05, 3.63) is 45.9 Å². The number of rotatable bonds is 4. The Morgan fingerprint density at radius 2 is 1.86 bits per heavy atom. The van der Waals surface area contributed by atoms with Gasteiger partial charge in [-0.3, -0.25) is 4.79 Å². The monoisotopic (exact) mass is 304 g/mol. The Hall–Kier alpha value is -2.34. The van der Waals surface area contributed by atoms with E-state index in [9.17, 15) is 9.90 Å². The van der Waals surface area contributed by atoms with Gasteiger partial charge in [-0.2, -0.15) is 5.10 Å². The van der Waals surface area contributed by atoms with Crippen molar-refractivity contribution in [2.24, 2.45) is 0 Å². The van der Waals surface area contributed by atoms with Gasteiger partial charge in [0.1, 0.15) is 28.5 Å². The van der Waals surface area contributed by atoms with Gasteiger partial charge >= 0.3 is 0 Å². The molecule has 0 aliphatic carbocycles. The van der Waals surface area contributed by atoms with Crippen LogP contribution in [0.25, 0.3) is 5.69 Å². The first kappa shape index (κ1) is 16.0. The average molecular weight is 304 g/mol. The van der Waals surface area contributed by atoms with E-state index < -0.39 is 5.60 Å². The van der Waals surface area contributed by atoms with Crippen LogP contribution in [0.1, 0.15) is 25.2 Å². The van der Waals surface area contributed by atoms with E-state index in [0.29, 0.717) is 22.9 Å². The Morgan fingerprint density at radius 3 is 2.41 bits per heavy atom. The van der Waals surface area contributed by atoms with Crippen LogP contribution in [0.3, 0.4) is 0 Å². The summed E-state index contributed by atoms with van der Waals surface area (Å²) >= 11 is 0.